The van der Waals surface area contributed by atoms with Crippen molar-refractivity contribution in [1.29, 1.82) is 0 Å². The molecule has 8 heteroatoms. The second kappa shape index (κ2) is 7.62. The Morgan fingerprint density at radius 3 is 2.17 bits per heavy atom. The van der Waals surface area contributed by atoms with E-state index in [0.29, 0.717) is 0 Å². The number of fused-ring (bicyclic) bond motifs is 1. The number of rotatable bonds is 6. The Morgan fingerprint density at radius 2 is 1.62 bits per heavy atom. The average molecular weight is 413 g/mol. The van der Waals surface area contributed by atoms with Crippen LogP contribution in [0.4, 0.5) is 0 Å². The van der Waals surface area contributed by atoms with Crippen LogP contribution in [0.2, 0.25) is 0 Å². The summed E-state index contributed by atoms with van der Waals surface area (Å²) in [5.41, 5.74) is 0.683. The van der Waals surface area contributed by atoms with E-state index >= 15 is 0 Å². The molecule has 1 unspecified atom stereocenters. The zero-order valence-corrected chi connectivity index (χ0v) is 16.9. The minimum absolute atomic E-state index is 0.0125. The summed E-state index contributed by atoms with van der Waals surface area (Å²) in [4.78, 5) is 0.0138. The topological polar surface area (TPSA) is 84.7 Å². The van der Waals surface area contributed by atoms with Crippen molar-refractivity contribution in [2.45, 2.75) is 37.1 Å². The maximum Gasteiger partial charge on any atom is 0.250 e. The summed E-state index contributed by atoms with van der Waals surface area (Å²) >= 11 is 0. The first-order chi connectivity index (χ1) is 13.9. The molecule has 2 aromatic carbocycles. The van der Waals surface area contributed by atoms with Crippen LogP contribution < -0.4 is 4.74 Å². The standard InChI is InChI=1S/C21H23N3O4S/c1-21(25)15-24-20(28-16-21)19(12-22-24)29(26,27)23(13-17-8-4-2-5-9-17)14-18-10-6-3-7-11-18/h2-12,25H,13-16H2,1H3. The molecule has 0 saturated heterocycles. The van der Waals surface area contributed by atoms with E-state index in [1.807, 2.05) is 60.7 Å². The summed E-state index contributed by atoms with van der Waals surface area (Å²) in [7, 11) is -3.89. The van der Waals surface area contributed by atoms with Crippen molar-refractivity contribution >= 4 is 10.0 Å². The Morgan fingerprint density at radius 1 is 1.07 bits per heavy atom. The van der Waals surface area contributed by atoms with E-state index < -0.39 is 15.6 Å². The van der Waals surface area contributed by atoms with Crippen molar-refractivity contribution in [2.24, 2.45) is 0 Å². The molecular weight excluding hydrogens is 390 g/mol. The van der Waals surface area contributed by atoms with E-state index in [0.717, 1.165) is 11.1 Å². The molecule has 0 radical (unpaired) electrons. The molecule has 152 valence electrons. The molecule has 1 atom stereocenters. The van der Waals surface area contributed by atoms with E-state index in [1.54, 1.807) is 6.92 Å². The third-order valence-electron chi connectivity index (χ3n) is 4.79. The minimum Gasteiger partial charge on any atom is -0.474 e. The van der Waals surface area contributed by atoms with Gasteiger partial charge in [-0.2, -0.15) is 9.40 Å². The van der Waals surface area contributed by atoms with Gasteiger partial charge in [0, 0.05) is 13.1 Å². The number of aliphatic hydroxyl groups is 1. The van der Waals surface area contributed by atoms with Gasteiger partial charge in [0.1, 0.15) is 12.2 Å². The van der Waals surface area contributed by atoms with Gasteiger partial charge in [0.2, 0.25) is 5.88 Å². The molecular formula is C21H23N3O4S. The third kappa shape index (κ3) is 4.19. The molecule has 2 heterocycles. The minimum atomic E-state index is -3.89. The Bertz CT molecular complexity index is 1040. The van der Waals surface area contributed by atoms with Gasteiger partial charge in [0.15, 0.2) is 4.90 Å². The number of aromatic nitrogens is 2. The SMILES string of the molecule is CC1(O)COc2c(S(=O)(=O)N(Cc3ccccc3)Cc3ccccc3)cnn2C1. The maximum absolute atomic E-state index is 13.6. The van der Waals surface area contributed by atoms with Crippen molar-refractivity contribution < 1.29 is 18.3 Å². The van der Waals surface area contributed by atoms with Crippen LogP contribution in [0.25, 0.3) is 0 Å². The van der Waals surface area contributed by atoms with Crippen LogP contribution in [-0.2, 0) is 29.7 Å². The molecule has 7 nitrogen and oxygen atoms in total. The Kier molecular flexibility index (Phi) is 5.16. The Balaban J connectivity index is 1.70. The van der Waals surface area contributed by atoms with Crippen molar-refractivity contribution in [2.75, 3.05) is 6.61 Å². The lowest BCUT2D eigenvalue weighted by Crippen LogP contribution is -2.42. The molecule has 0 fully saturated rings. The van der Waals surface area contributed by atoms with E-state index in [1.165, 1.54) is 15.2 Å². The van der Waals surface area contributed by atoms with Crippen molar-refractivity contribution in [3.8, 4) is 5.88 Å². The number of sulfonamides is 1. The summed E-state index contributed by atoms with van der Waals surface area (Å²) in [5, 5.41) is 14.3. The molecule has 29 heavy (non-hydrogen) atoms. The first-order valence-electron chi connectivity index (χ1n) is 9.34. The van der Waals surface area contributed by atoms with Crippen LogP contribution >= 0.6 is 0 Å². The van der Waals surface area contributed by atoms with Crippen LogP contribution in [0.5, 0.6) is 5.88 Å². The van der Waals surface area contributed by atoms with Gasteiger partial charge in [-0.3, -0.25) is 0 Å². The quantitative estimate of drug-likeness (QED) is 0.671. The second-order valence-corrected chi connectivity index (χ2v) is 9.41. The molecule has 1 aromatic heterocycles. The fourth-order valence-corrected chi connectivity index (χ4v) is 4.80. The fraction of sp³-hybridized carbons (Fsp3) is 0.286. The van der Waals surface area contributed by atoms with Gasteiger partial charge >= 0.3 is 0 Å². The second-order valence-electron chi connectivity index (χ2n) is 7.50. The Labute approximate surface area is 170 Å². The molecule has 0 spiro atoms. The smallest absolute Gasteiger partial charge is 0.250 e. The third-order valence-corrected chi connectivity index (χ3v) is 6.57. The summed E-state index contributed by atoms with van der Waals surface area (Å²) in [6.45, 7) is 2.26. The summed E-state index contributed by atoms with van der Waals surface area (Å²) in [6.07, 6.45) is 1.30. The first kappa shape index (κ1) is 19.6. The summed E-state index contributed by atoms with van der Waals surface area (Å²) in [5.74, 6) is 0.169. The van der Waals surface area contributed by atoms with Crippen molar-refractivity contribution in [3.63, 3.8) is 0 Å². The molecule has 1 aliphatic rings. The number of nitrogens with zero attached hydrogens (tertiary/aromatic N) is 3. The monoisotopic (exact) mass is 413 g/mol. The highest BCUT2D eigenvalue weighted by Crippen LogP contribution is 2.32. The van der Waals surface area contributed by atoms with Gasteiger partial charge in [-0.15, -0.1) is 0 Å². The van der Waals surface area contributed by atoms with Gasteiger partial charge in [-0.05, 0) is 18.1 Å². The van der Waals surface area contributed by atoms with Crippen molar-refractivity contribution in [1.82, 2.24) is 14.1 Å². The summed E-state index contributed by atoms with van der Waals surface area (Å²) < 4.78 is 35.5. The van der Waals surface area contributed by atoms with Gasteiger partial charge < -0.3 is 9.84 Å². The molecule has 1 N–H and O–H groups in total. The number of hydrogen-bond acceptors (Lipinski definition) is 5. The molecule has 1 aliphatic heterocycles. The zero-order valence-electron chi connectivity index (χ0n) is 16.1. The highest BCUT2D eigenvalue weighted by molar-refractivity contribution is 7.89. The molecule has 3 aromatic rings. The van der Waals surface area contributed by atoms with Crippen LogP contribution in [0, 0.1) is 0 Å². The van der Waals surface area contributed by atoms with Gasteiger partial charge in [-0.1, -0.05) is 60.7 Å². The largest absolute Gasteiger partial charge is 0.474 e. The van der Waals surface area contributed by atoms with Gasteiger partial charge in [0.05, 0.1) is 12.7 Å². The van der Waals surface area contributed by atoms with Crippen LogP contribution in [0.1, 0.15) is 18.1 Å². The Hall–Kier alpha value is -2.68. The zero-order chi connectivity index (χ0) is 20.5. The molecule has 0 saturated carbocycles. The van der Waals surface area contributed by atoms with Gasteiger partial charge in [-0.25, -0.2) is 13.1 Å². The summed E-state index contributed by atoms with van der Waals surface area (Å²) in [6, 6.07) is 18.9. The molecule has 0 bridgehead atoms. The highest BCUT2D eigenvalue weighted by Gasteiger charge is 2.37. The first-order valence-corrected chi connectivity index (χ1v) is 10.8. The molecule has 0 amide bonds. The van der Waals surface area contributed by atoms with E-state index in [2.05, 4.69) is 5.10 Å². The van der Waals surface area contributed by atoms with E-state index in [4.69, 9.17) is 4.74 Å². The van der Waals surface area contributed by atoms with Gasteiger partial charge in [0.25, 0.3) is 10.0 Å². The highest BCUT2D eigenvalue weighted by atomic mass is 32.2. The predicted octanol–water partition coefficient (Wildman–Crippen LogP) is 2.42. The maximum atomic E-state index is 13.6. The number of benzene rings is 2. The molecule has 0 aliphatic carbocycles. The van der Waals surface area contributed by atoms with Crippen molar-refractivity contribution in [3.05, 3.63) is 78.0 Å². The lowest BCUT2D eigenvalue weighted by Gasteiger charge is -2.30. The van der Waals surface area contributed by atoms with Crippen LogP contribution in [0.3, 0.4) is 0 Å². The normalized spacial score (nSPS) is 19.0. The van der Waals surface area contributed by atoms with E-state index in [-0.39, 0.29) is 37.0 Å². The van der Waals surface area contributed by atoms with Crippen LogP contribution in [-0.4, -0.2) is 39.8 Å². The van der Waals surface area contributed by atoms with E-state index in [9.17, 15) is 13.5 Å². The molecule has 4 rings (SSSR count). The lowest BCUT2D eigenvalue weighted by atomic mass is 10.1. The van der Waals surface area contributed by atoms with Crippen LogP contribution in [0.15, 0.2) is 71.8 Å². The fourth-order valence-electron chi connectivity index (χ4n) is 3.32. The average Bonchev–Trinajstić information content (AvgIpc) is 3.11. The lowest BCUT2D eigenvalue weighted by molar-refractivity contribution is -0.0325. The number of ether oxygens (including phenoxy) is 1. The predicted molar refractivity (Wildman–Crippen MR) is 108 cm³/mol. The number of hydrogen-bond donors (Lipinski definition) is 1.